The summed E-state index contributed by atoms with van der Waals surface area (Å²) in [6.45, 7) is 6.42. The Morgan fingerprint density at radius 1 is 1.71 bits per heavy atom. The van der Waals surface area contributed by atoms with E-state index in [9.17, 15) is 4.79 Å². The van der Waals surface area contributed by atoms with Gasteiger partial charge in [-0.05, 0) is 6.92 Å². The molecular weight excluding hydrogens is 256 g/mol. The van der Waals surface area contributed by atoms with Gasteiger partial charge in [-0.3, -0.25) is 0 Å². The molecule has 2 heterocycles. The molecule has 0 bridgehead atoms. The summed E-state index contributed by atoms with van der Waals surface area (Å²) < 4.78 is 4.93. The maximum Gasteiger partial charge on any atom is 0.357 e. The monoisotopic (exact) mass is 272 g/mol. The molecule has 1 saturated heterocycles. The smallest absolute Gasteiger partial charge is 0.357 e. The predicted molar refractivity (Wildman–Crippen MR) is 72.2 cm³/mol. The van der Waals surface area contributed by atoms with Crippen molar-refractivity contribution >= 4 is 34.2 Å². The molecule has 1 fully saturated rings. The topological polar surface area (TPSA) is 42.4 Å². The molecular formula is C11H16N2O2S2. The maximum absolute atomic E-state index is 11.5. The van der Waals surface area contributed by atoms with E-state index in [4.69, 9.17) is 4.74 Å². The number of anilines is 1. The molecule has 0 aromatic carbocycles. The SMILES string of the molecule is CCOC(=O)c1csc(N2CCSC(C)C2)n1. The molecule has 0 saturated carbocycles. The van der Waals surface area contributed by atoms with Crippen molar-refractivity contribution in [3.05, 3.63) is 11.1 Å². The molecule has 0 radical (unpaired) electrons. The summed E-state index contributed by atoms with van der Waals surface area (Å²) in [5.74, 6) is 0.796. The summed E-state index contributed by atoms with van der Waals surface area (Å²) in [7, 11) is 0. The van der Waals surface area contributed by atoms with Crippen LogP contribution in [0.3, 0.4) is 0 Å². The van der Waals surface area contributed by atoms with Gasteiger partial charge in [0.2, 0.25) is 0 Å². The number of hydrogen-bond donors (Lipinski definition) is 0. The number of hydrogen-bond acceptors (Lipinski definition) is 6. The number of nitrogens with zero attached hydrogens (tertiary/aromatic N) is 2. The van der Waals surface area contributed by atoms with Gasteiger partial charge in [-0.25, -0.2) is 9.78 Å². The molecule has 0 N–H and O–H groups in total. The quantitative estimate of drug-likeness (QED) is 0.790. The predicted octanol–water partition coefficient (Wildman–Crippen LogP) is 2.26. The zero-order valence-corrected chi connectivity index (χ0v) is 11.6. The molecule has 0 spiro atoms. The van der Waals surface area contributed by atoms with E-state index in [1.54, 1.807) is 12.3 Å². The van der Waals surface area contributed by atoms with Gasteiger partial charge in [-0.1, -0.05) is 6.92 Å². The van der Waals surface area contributed by atoms with Crippen LogP contribution in [0, 0.1) is 0 Å². The highest BCUT2D eigenvalue weighted by molar-refractivity contribution is 8.00. The highest BCUT2D eigenvalue weighted by atomic mass is 32.2. The minimum atomic E-state index is -0.325. The molecule has 1 aromatic heterocycles. The Kier molecular flexibility index (Phi) is 4.28. The van der Waals surface area contributed by atoms with Crippen molar-refractivity contribution in [2.45, 2.75) is 19.1 Å². The Labute approximate surface area is 109 Å². The molecule has 17 heavy (non-hydrogen) atoms. The van der Waals surface area contributed by atoms with E-state index in [1.807, 2.05) is 11.8 Å². The van der Waals surface area contributed by atoms with Gasteiger partial charge in [0.25, 0.3) is 0 Å². The van der Waals surface area contributed by atoms with Gasteiger partial charge in [0.05, 0.1) is 6.61 Å². The van der Waals surface area contributed by atoms with Crippen LogP contribution in [0.4, 0.5) is 5.13 Å². The van der Waals surface area contributed by atoms with E-state index < -0.39 is 0 Å². The number of thioether (sulfide) groups is 1. The van der Waals surface area contributed by atoms with Crippen LogP contribution in [0.25, 0.3) is 0 Å². The van der Waals surface area contributed by atoms with E-state index >= 15 is 0 Å². The Bertz CT molecular complexity index is 395. The number of ether oxygens (including phenoxy) is 1. The fourth-order valence-corrected chi connectivity index (χ4v) is 3.55. The Balaban J connectivity index is 2.04. The van der Waals surface area contributed by atoms with Gasteiger partial charge >= 0.3 is 5.97 Å². The first-order valence-corrected chi connectivity index (χ1v) is 7.62. The third-order valence-corrected chi connectivity index (χ3v) is 4.53. The van der Waals surface area contributed by atoms with E-state index in [0.29, 0.717) is 17.6 Å². The first kappa shape index (κ1) is 12.7. The minimum absolute atomic E-state index is 0.325. The Morgan fingerprint density at radius 3 is 3.24 bits per heavy atom. The van der Waals surface area contributed by atoms with Crippen LogP contribution in [-0.2, 0) is 4.74 Å². The van der Waals surface area contributed by atoms with Crippen molar-refractivity contribution in [1.82, 2.24) is 4.98 Å². The molecule has 4 nitrogen and oxygen atoms in total. The second-order valence-corrected chi connectivity index (χ2v) is 6.25. The fourth-order valence-electron chi connectivity index (χ4n) is 1.70. The largest absolute Gasteiger partial charge is 0.461 e. The van der Waals surface area contributed by atoms with Gasteiger partial charge in [0.1, 0.15) is 0 Å². The first-order valence-electron chi connectivity index (χ1n) is 5.70. The van der Waals surface area contributed by atoms with Crippen molar-refractivity contribution < 1.29 is 9.53 Å². The lowest BCUT2D eigenvalue weighted by Crippen LogP contribution is -2.36. The first-order chi connectivity index (χ1) is 8.20. The molecule has 0 aliphatic carbocycles. The lowest BCUT2D eigenvalue weighted by atomic mass is 10.4. The van der Waals surface area contributed by atoms with E-state index in [2.05, 4.69) is 16.8 Å². The fraction of sp³-hybridized carbons (Fsp3) is 0.636. The van der Waals surface area contributed by atoms with Crippen LogP contribution < -0.4 is 4.90 Å². The molecule has 0 amide bonds. The van der Waals surface area contributed by atoms with Crippen molar-refractivity contribution in [3.63, 3.8) is 0 Å². The summed E-state index contributed by atoms with van der Waals surface area (Å²) in [4.78, 5) is 18.1. The lowest BCUT2D eigenvalue weighted by Gasteiger charge is -2.30. The van der Waals surface area contributed by atoms with Crippen molar-refractivity contribution in [2.24, 2.45) is 0 Å². The molecule has 1 unspecified atom stereocenters. The summed E-state index contributed by atoms with van der Waals surface area (Å²) in [5, 5.41) is 3.33. The van der Waals surface area contributed by atoms with Crippen LogP contribution in [-0.4, -0.2) is 41.7 Å². The highest BCUT2D eigenvalue weighted by Gasteiger charge is 2.21. The van der Waals surface area contributed by atoms with Gasteiger partial charge in [-0.15, -0.1) is 11.3 Å². The van der Waals surface area contributed by atoms with Crippen LogP contribution in [0.2, 0.25) is 0 Å². The molecule has 6 heteroatoms. The second kappa shape index (κ2) is 5.73. The standard InChI is InChI=1S/C11H16N2O2S2/c1-3-15-10(14)9-7-17-11(12-9)13-4-5-16-8(2)6-13/h7-8H,3-6H2,1-2H3. The van der Waals surface area contributed by atoms with Gasteiger partial charge in [0, 0.05) is 29.5 Å². The molecule has 1 aliphatic rings. The van der Waals surface area contributed by atoms with E-state index in [0.717, 1.165) is 24.0 Å². The van der Waals surface area contributed by atoms with Crippen LogP contribution in [0.1, 0.15) is 24.3 Å². The number of aromatic nitrogens is 1. The van der Waals surface area contributed by atoms with Gasteiger partial charge < -0.3 is 9.64 Å². The van der Waals surface area contributed by atoms with Gasteiger partial charge in [-0.2, -0.15) is 11.8 Å². The van der Waals surface area contributed by atoms with Crippen molar-refractivity contribution in [3.8, 4) is 0 Å². The maximum atomic E-state index is 11.5. The average molecular weight is 272 g/mol. The second-order valence-electron chi connectivity index (χ2n) is 3.86. The number of carbonyl (C=O) groups excluding carboxylic acids is 1. The molecule has 94 valence electrons. The van der Waals surface area contributed by atoms with Crippen LogP contribution in [0.5, 0.6) is 0 Å². The lowest BCUT2D eigenvalue weighted by molar-refractivity contribution is 0.0520. The summed E-state index contributed by atoms with van der Waals surface area (Å²) in [5.41, 5.74) is 0.428. The Hall–Kier alpha value is -0.750. The number of esters is 1. The molecule has 1 aromatic rings. The third kappa shape index (κ3) is 3.13. The van der Waals surface area contributed by atoms with Crippen molar-refractivity contribution in [2.75, 3.05) is 30.3 Å². The Morgan fingerprint density at radius 2 is 2.53 bits per heavy atom. The van der Waals surface area contributed by atoms with Crippen LogP contribution >= 0.6 is 23.1 Å². The summed E-state index contributed by atoms with van der Waals surface area (Å²) >= 11 is 3.50. The van der Waals surface area contributed by atoms with Crippen LogP contribution in [0.15, 0.2) is 5.38 Å². The highest BCUT2D eigenvalue weighted by Crippen LogP contribution is 2.26. The van der Waals surface area contributed by atoms with Gasteiger partial charge in [0.15, 0.2) is 10.8 Å². The third-order valence-electron chi connectivity index (χ3n) is 2.49. The van der Waals surface area contributed by atoms with Crippen molar-refractivity contribution in [1.29, 1.82) is 0 Å². The zero-order valence-electron chi connectivity index (χ0n) is 10.0. The molecule has 1 aliphatic heterocycles. The molecule has 2 rings (SSSR count). The van der Waals surface area contributed by atoms with E-state index in [1.165, 1.54) is 11.3 Å². The average Bonchev–Trinajstić information content (AvgIpc) is 2.78. The minimum Gasteiger partial charge on any atom is -0.461 e. The zero-order chi connectivity index (χ0) is 12.3. The normalized spacial score (nSPS) is 20.4. The summed E-state index contributed by atoms with van der Waals surface area (Å²) in [6.07, 6.45) is 0. The van der Waals surface area contributed by atoms with E-state index in [-0.39, 0.29) is 5.97 Å². The number of thiazole rings is 1. The number of carbonyl (C=O) groups is 1. The summed E-state index contributed by atoms with van der Waals surface area (Å²) in [6, 6.07) is 0. The number of rotatable bonds is 3. The molecule has 1 atom stereocenters.